The van der Waals surface area contributed by atoms with Gasteiger partial charge >= 0.3 is 6.09 Å². The molecule has 2 atom stereocenters. The second kappa shape index (κ2) is 13.3. The van der Waals surface area contributed by atoms with E-state index in [-0.39, 0.29) is 5.75 Å². The standard InChI is InChI=1S/C26H43N3O6/c1-8-10-11-15-27-22(32)21(18-13-12-14-19(31)16-18)29(26(6,7)9-2)23(33)20(17-30)28-24(34)35-25(3,4)5/h12-14,16,20-21,30-31H,8-11,15,17H2,1-7H3,(H,27,32)(H,28,34). The number of aromatic hydroxyl groups is 1. The fourth-order valence-corrected chi connectivity index (χ4v) is 3.54. The van der Waals surface area contributed by atoms with Crippen LogP contribution in [0.1, 0.15) is 85.8 Å². The molecule has 0 aromatic heterocycles. The Bertz CT molecular complexity index is 850. The zero-order valence-electron chi connectivity index (χ0n) is 22.2. The molecule has 4 N–H and O–H groups in total. The van der Waals surface area contributed by atoms with Crippen molar-refractivity contribution in [2.75, 3.05) is 13.2 Å². The number of hydrogen-bond donors (Lipinski definition) is 4. The Morgan fingerprint density at radius 1 is 1.09 bits per heavy atom. The Balaban J connectivity index is 3.45. The molecule has 0 bridgehead atoms. The van der Waals surface area contributed by atoms with Crippen LogP contribution in [0.5, 0.6) is 5.75 Å². The van der Waals surface area contributed by atoms with Gasteiger partial charge in [0.15, 0.2) is 0 Å². The third kappa shape index (κ3) is 9.39. The Kier molecular flexibility index (Phi) is 11.5. The minimum atomic E-state index is -1.33. The third-order valence-electron chi connectivity index (χ3n) is 5.70. The van der Waals surface area contributed by atoms with E-state index in [4.69, 9.17) is 4.74 Å². The van der Waals surface area contributed by atoms with Crippen LogP contribution in [0.2, 0.25) is 0 Å². The van der Waals surface area contributed by atoms with E-state index in [2.05, 4.69) is 17.6 Å². The third-order valence-corrected chi connectivity index (χ3v) is 5.70. The van der Waals surface area contributed by atoms with Crippen molar-refractivity contribution in [1.29, 1.82) is 0 Å². The topological polar surface area (TPSA) is 128 Å². The zero-order chi connectivity index (χ0) is 26.8. The molecular formula is C26H43N3O6. The maximum atomic E-state index is 13.8. The molecule has 1 rings (SSSR count). The molecule has 1 aromatic rings. The van der Waals surface area contributed by atoms with Gasteiger partial charge in [0.2, 0.25) is 11.8 Å². The van der Waals surface area contributed by atoms with Crippen molar-refractivity contribution in [2.45, 2.75) is 97.4 Å². The van der Waals surface area contributed by atoms with E-state index in [1.54, 1.807) is 32.9 Å². The van der Waals surface area contributed by atoms with E-state index in [0.717, 1.165) is 19.3 Å². The van der Waals surface area contributed by atoms with Crippen molar-refractivity contribution in [3.63, 3.8) is 0 Å². The predicted octanol–water partition coefficient (Wildman–Crippen LogP) is 3.64. The first kappa shape index (κ1) is 30.2. The van der Waals surface area contributed by atoms with Gasteiger partial charge in [0.05, 0.1) is 6.61 Å². The smallest absolute Gasteiger partial charge is 0.408 e. The molecular weight excluding hydrogens is 450 g/mol. The van der Waals surface area contributed by atoms with Crippen LogP contribution in [-0.4, -0.2) is 63.4 Å². The van der Waals surface area contributed by atoms with E-state index in [1.165, 1.54) is 17.0 Å². The van der Waals surface area contributed by atoms with Gasteiger partial charge in [-0.2, -0.15) is 0 Å². The van der Waals surface area contributed by atoms with Crippen molar-refractivity contribution in [3.8, 4) is 5.75 Å². The second-order valence-electron chi connectivity index (χ2n) is 10.3. The van der Waals surface area contributed by atoms with Crippen LogP contribution in [-0.2, 0) is 14.3 Å². The molecule has 0 aliphatic rings. The number of hydrogen-bond acceptors (Lipinski definition) is 6. The van der Waals surface area contributed by atoms with Crippen LogP contribution in [0.25, 0.3) is 0 Å². The van der Waals surface area contributed by atoms with Gasteiger partial charge in [-0.05, 0) is 65.2 Å². The predicted molar refractivity (Wildman–Crippen MR) is 135 cm³/mol. The molecule has 1 aromatic carbocycles. The van der Waals surface area contributed by atoms with Gasteiger partial charge in [0.25, 0.3) is 0 Å². The summed E-state index contributed by atoms with van der Waals surface area (Å²) in [6.07, 6.45) is 2.37. The highest BCUT2D eigenvalue weighted by molar-refractivity contribution is 5.92. The molecule has 0 aliphatic heterocycles. The Hall–Kier alpha value is -2.81. The first-order valence-electron chi connectivity index (χ1n) is 12.3. The van der Waals surface area contributed by atoms with Crippen molar-refractivity contribution < 1.29 is 29.3 Å². The van der Waals surface area contributed by atoms with E-state index in [9.17, 15) is 24.6 Å². The molecule has 9 heteroatoms. The minimum absolute atomic E-state index is 0.0430. The molecule has 9 nitrogen and oxygen atoms in total. The lowest BCUT2D eigenvalue weighted by molar-refractivity contribution is -0.150. The number of phenolic OH excluding ortho intramolecular Hbond substituents is 1. The number of rotatable bonds is 12. The van der Waals surface area contributed by atoms with Crippen molar-refractivity contribution in [2.24, 2.45) is 0 Å². The number of nitrogens with one attached hydrogen (secondary N) is 2. The molecule has 3 amide bonds. The summed E-state index contributed by atoms with van der Waals surface area (Å²) in [6.45, 7) is 12.4. The number of carbonyl (C=O) groups is 3. The number of phenols is 1. The average molecular weight is 494 g/mol. The van der Waals surface area contributed by atoms with Crippen LogP contribution in [0, 0.1) is 0 Å². The van der Waals surface area contributed by atoms with Crippen LogP contribution < -0.4 is 10.6 Å². The van der Waals surface area contributed by atoms with Crippen molar-refractivity contribution in [1.82, 2.24) is 15.5 Å². The summed E-state index contributed by atoms with van der Waals surface area (Å²) < 4.78 is 5.25. The fraction of sp³-hybridized carbons (Fsp3) is 0.654. The summed E-state index contributed by atoms with van der Waals surface area (Å²) in [6, 6.07) is 3.77. The van der Waals surface area contributed by atoms with Gasteiger partial charge in [-0.3, -0.25) is 9.59 Å². The summed E-state index contributed by atoms with van der Waals surface area (Å²) in [5.74, 6) is -1.09. The highest BCUT2D eigenvalue weighted by atomic mass is 16.6. The second-order valence-corrected chi connectivity index (χ2v) is 10.3. The SMILES string of the molecule is CCCCCNC(=O)C(c1cccc(O)c1)N(C(=O)C(CO)NC(=O)OC(C)(C)C)C(C)(C)CC. The molecule has 0 aliphatic carbocycles. The largest absolute Gasteiger partial charge is 0.508 e. The monoisotopic (exact) mass is 493 g/mol. The molecule has 198 valence electrons. The van der Waals surface area contributed by atoms with Crippen LogP contribution in [0.3, 0.4) is 0 Å². The van der Waals surface area contributed by atoms with Crippen molar-refractivity contribution in [3.05, 3.63) is 29.8 Å². The molecule has 0 saturated heterocycles. The highest BCUT2D eigenvalue weighted by Crippen LogP contribution is 2.33. The summed E-state index contributed by atoms with van der Waals surface area (Å²) in [5.41, 5.74) is -1.21. The number of ether oxygens (including phenoxy) is 1. The summed E-state index contributed by atoms with van der Waals surface area (Å²) in [4.78, 5) is 41.1. The van der Waals surface area contributed by atoms with E-state index < -0.39 is 47.7 Å². The Labute approximate surface area is 209 Å². The molecule has 0 saturated carbocycles. The van der Waals surface area contributed by atoms with Gasteiger partial charge < -0.3 is 30.5 Å². The van der Waals surface area contributed by atoms with Gasteiger partial charge in [-0.25, -0.2) is 4.79 Å². The minimum Gasteiger partial charge on any atom is -0.508 e. The Morgan fingerprint density at radius 3 is 2.26 bits per heavy atom. The number of benzene rings is 1. The van der Waals surface area contributed by atoms with Gasteiger partial charge in [0, 0.05) is 12.1 Å². The van der Waals surface area contributed by atoms with Crippen LogP contribution in [0.15, 0.2) is 24.3 Å². The Morgan fingerprint density at radius 2 is 1.74 bits per heavy atom. The van der Waals surface area contributed by atoms with E-state index in [1.807, 2.05) is 20.8 Å². The van der Waals surface area contributed by atoms with Gasteiger partial charge in [0.1, 0.15) is 23.4 Å². The number of aliphatic hydroxyl groups is 1. The molecule has 0 heterocycles. The number of unbranched alkanes of at least 4 members (excludes halogenated alkanes) is 2. The van der Waals surface area contributed by atoms with Crippen molar-refractivity contribution >= 4 is 17.9 Å². The molecule has 0 radical (unpaired) electrons. The average Bonchev–Trinajstić information content (AvgIpc) is 2.76. The lowest BCUT2D eigenvalue weighted by Crippen LogP contribution is -2.60. The summed E-state index contributed by atoms with van der Waals surface area (Å²) >= 11 is 0. The number of alkyl carbamates (subject to hydrolysis) is 1. The van der Waals surface area contributed by atoms with Crippen LogP contribution >= 0.6 is 0 Å². The highest BCUT2D eigenvalue weighted by Gasteiger charge is 2.43. The number of nitrogens with zero attached hydrogens (tertiary/aromatic N) is 1. The molecule has 0 fully saturated rings. The normalized spacial score (nSPS) is 13.5. The molecule has 2 unspecified atom stereocenters. The maximum Gasteiger partial charge on any atom is 0.408 e. The van der Waals surface area contributed by atoms with E-state index in [0.29, 0.717) is 18.5 Å². The lowest BCUT2D eigenvalue weighted by Gasteiger charge is -2.44. The van der Waals surface area contributed by atoms with Gasteiger partial charge in [-0.1, -0.05) is 38.8 Å². The first-order chi connectivity index (χ1) is 16.3. The van der Waals surface area contributed by atoms with Crippen LogP contribution in [0.4, 0.5) is 4.79 Å². The fourth-order valence-electron chi connectivity index (χ4n) is 3.54. The summed E-state index contributed by atoms with van der Waals surface area (Å²) in [7, 11) is 0. The zero-order valence-corrected chi connectivity index (χ0v) is 22.2. The first-order valence-corrected chi connectivity index (χ1v) is 12.3. The van der Waals surface area contributed by atoms with Gasteiger partial charge in [-0.15, -0.1) is 0 Å². The number of amides is 3. The molecule has 35 heavy (non-hydrogen) atoms. The lowest BCUT2D eigenvalue weighted by atomic mass is 9.92. The molecule has 0 spiro atoms. The van der Waals surface area contributed by atoms with E-state index >= 15 is 0 Å². The number of carbonyl (C=O) groups excluding carboxylic acids is 3. The summed E-state index contributed by atoms with van der Waals surface area (Å²) in [5, 5.41) is 25.5. The number of aliphatic hydroxyl groups excluding tert-OH is 1. The maximum absolute atomic E-state index is 13.8. The quantitative estimate of drug-likeness (QED) is 0.329.